The zero-order valence-electron chi connectivity index (χ0n) is 8.69. The van der Waals surface area contributed by atoms with Gasteiger partial charge in [0.1, 0.15) is 0 Å². The number of aromatic nitrogens is 2. The molecule has 0 saturated heterocycles. The molecule has 0 bridgehead atoms. The number of hydrogen-bond donors (Lipinski definition) is 1. The maximum absolute atomic E-state index is 5.03. The molecule has 5 heteroatoms. The van der Waals surface area contributed by atoms with Crippen LogP contribution in [0.4, 0.5) is 0 Å². The molecule has 0 aliphatic rings. The van der Waals surface area contributed by atoms with E-state index in [0.29, 0.717) is 11.8 Å². The predicted molar refractivity (Wildman–Crippen MR) is 51.9 cm³/mol. The van der Waals surface area contributed by atoms with Gasteiger partial charge in [0.15, 0.2) is 6.33 Å². The van der Waals surface area contributed by atoms with Gasteiger partial charge < -0.3 is 14.6 Å². The molecule has 0 spiro atoms. The lowest BCUT2D eigenvalue weighted by atomic mass is 10.2. The first-order chi connectivity index (χ1) is 6.83. The van der Waals surface area contributed by atoms with E-state index < -0.39 is 0 Å². The Hall–Kier alpha value is -0.940. The van der Waals surface area contributed by atoms with E-state index in [4.69, 9.17) is 9.26 Å². The van der Waals surface area contributed by atoms with Crippen molar-refractivity contribution < 1.29 is 9.26 Å². The molecule has 1 heterocycles. The highest BCUT2D eigenvalue weighted by Crippen LogP contribution is 1.93. The fourth-order valence-corrected chi connectivity index (χ4v) is 1.19. The Morgan fingerprint density at radius 1 is 1.64 bits per heavy atom. The van der Waals surface area contributed by atoms with Gasteiger partial charge in [-0.1, -0.05) is 12.1 Å². The number of methoxy groups -OCH3 is 1. The van der Waals surface area contributed by atoms with Crippen molar-refractivity contribution in [3.63, 3.8) is 0 Å². The summed E-state index contributed by atoms with van der Waals surface area (Å²) < 4.78 is 9.89. The standard InChI is InChI=1S/C9H17N3O2/c1-8(6-13-2)5-10-4-3-9-11-7-12-14-9/h7-8,10H,3-6H2,1-2H3. The van der Waals surface area contributed by atoms with E-state index in [2.05, 4.69) is 22.4 Å². The summed E-state index contributed by atoms with van der Waals surface area (Å²) in [4.78, 5) is 3.93. The van der Waals surface area contributed by atoms with E-state index >= 15 is 0 Å². The molecule has 0 aliphatic heterocycles. The lowest BCUT2D eigenvalue weighted by Crippen LogP contribution is -2.25. The lowest BCUT2D eigenvalue weighted by Gasteiger charge is -2.10. The number of hydrogen-bond acceptors (Lipinski definition) is 5. The van der Waals surface area contributed by atoms with Crippen molar-refractivity contribution in [3.05, 3.63) is 12.2 Å². The number of nitrogens with one attached hydrogen (secondary N) is 1. The summed E-state index contributed by atoms with van der Waals surface area (Å²) in [6.45, 7) is 4.73. The zero-order valence-corrected chi connectivity index (χ0v) is 8.69. The first-order valence-corrected chi connectivity index (χ1v) is 4.78. The van der Waals surface area contributed by atoms with Crippen LogP contribution in [0.1, 0.15) is 12.8 Å². The van der Waals surface area contributed by atoms with Gasteiger partial charge in [0.2, 0.25) is 5.89 Å². The number of rotatable bonds is 7. The third-order valence-corrected chi connectivity index (χ3v) is 1.87. The highest BCUT2D eigenvalue weighted by atomic mass is 16.5. The molecule has 0 saturated carbocycles. The lowest BCUT2D eigenvalue weighted by molar-refractivity contribution is 0.158. The fraction of sp³-hybridized carbons (Fsp3) is 0.778. The molecule has 80 valence electrons. The quantitative estimate of drug-likeness (QED) is 0.647. The Kier molecular flexibility index (Phi) is 5.17. The Balaban J connectivity index is 1.99. The Labute approximate surface area is 83.8 Å². The number of ether oxygens (including phenoxy) is 1. The summed E-state index contributed by atoms with van der Waals surface area (Å²) in [5.74, 6) is 1.21. The van der Waals surface area contributed by atoms with Crippen LogP contribution in [-0.4, -0.2) is 36.9 Å². The summed E-state index contributed by atoms with van der Waals surface area (Å²) >= 11 is 0. The van der Waals surface area contributed by atoms with Crippen molar-refractivity contribution in [3.8, 4) is 0 Å². The van der Waals surface area contributed by atoms with Gasteiger partial charge in [0.25, 0.3) is 0 Å². The molecule has 0 fully saturated rings. The van der Waals surface area contributed by atoms with Gasteiger partial charge in [-0.2, -0.15) is 4.98 Å². The van der Waals surface area contributed by atoms with Crippen molar-refractivity contribution in [2.24, 2.45) is 5.92 Å². The summed E-state index contributed by atoms with van der Waals surface area (Å²) in [6, 6.07) is 0. The highest BCUT2D eigenvalue weighted by molar-refractivity contribution is 4.75. The van der Waals surface area contributed by atoms with E-state index in [9.17, 15) is 0 Å². The first kappa shape index (κ1) is 11.1. The molecule has 0 radical (unpaired) electrons. The molecule has 0 amide bonds. The second-order valence-corrected chi connectivity index (χ2v) is 3.35. The van der Waals surface area contributed by atoms with Gasteiger partial charge in [-0.15, -0.1) is 0 Å². The minimum Gasteiger partial charge on any atom is -0.384 e. The molecule has 1 N–H and O–H groups in total. The van der Waals surface area contributed by atoms with Gasteiger partial charge >= 0.3 is 0 Å². The van der Waals surface area contributed by atoms with Crippen molar-refractivity contribution in [2.45, 2.75) is 13.3 Å². The highest BCUT2D eigenvalue weighted by Gasteiger charge is 2.01. The Morgan fingerprint density at radius 3 is 3.14 bits per heavy atom. The van der Waals surface area contributed by atoms with Crippen LogP contribution in [0.2, 0.25) is 0 Å². The van der Waals surface area contributed by atoms with Crippen LogP contribution in [-0.2, 0) is 11.2 Å². The second-order valence-electron chi connectivity index (χ2n) is 3.35. The fourth-order valence-electron chi connectivity index (χ4n) is 1.19. The smallest absolute Gasteiger partial charge is 0.227 e. The minimum absolute atomic E-state index is 0.530. The third-order valence-electron chi connectivity index (χ3n) is 1.87. The Morgan fingerprint density at radius 2 is 2.50 bits per heavy atom. The maximum Gasteiger partial charge on any atom is 0.227 e. The SMILES string of the molecule is COCC(C)CNCCc1ncno1. The molecular weight excluding hydrogens is 182 g/mol. The molecule has 14 heavy (non-hydrogen) atoms. The van der Waals surface area contributed by atoms with Crippen LogP contribution < -0.4 is 5.32 Å². The van der Waals surface area contributed by atoms with Gasteiger partial charge in [0.05, 0.1) is 0 Å². The zero-order chi connectivity index (χ0) is 10.2. The average Bonchev–Trinajstić information content (AvgIpc) is 2.65. The topological polar surface area (TPSA) is 60.2 Å². The van der Waals surface area contributed by atoms with Crippen LogP contribution in [0.5, 0.6) is 0 Å². The summed E-state index contributed by atoms with van der Waals surface area (Å²) in [5, 5.41) is 6.83. The van der Waals surface area contributed by atoms with Crippen molar-refractivity contribution >= 4 is 0 Å². The van der Waals surface area contributed by atoms with Crippen LogP contribution in [0, 0.1) is 5.92 Å². The van der Waals surface area contributed by atoms with Crippen molar-refractivity contribution in [2.75, 3.05) is 26.8 Å². The van der Waals surface area contributed by atoms with Gasteiger partial charge in [-0.3, -0.25) is 0 Å². The van der Waals surface area contributed by atoms with Gasteiger partial charge in [0, 0.05) is 26.7 Å². The summed E-state index contributed by atoms with van der Waals surface area (Å²) in [6.07, 6.45) is 2.20. The predicted octanol–water partition coefficient (Wildman–Crippen LogP) is 0.484. The molecule has 5 nitrogen and oxygen atoms in total. The molecule has 1 atom stereocenters. The second kappa shape index (κ2) is 6.50. The molecule has 1 aromatic heterocycles. The Bertz CT molecular complexity index is 226. The third kappa shape index (κ3) is 4.34. The average molecular weight is 199 g/mol. The molecule has 0 aromatic carbocycles. The van der Waals surface area contributed by atoms with Gasteiger partial charge in [-0.05, 0) is 12.5 Å². The van der Waals surface area contributed by atoms with E-state index in [0.717, 1.165) is 26.1 Å². The van der Waals surface area contributed by atoms with Crippen molar-refractivity contribution in [1.29, 1.82) is 0 Å². The van der Waals surface area contributed by atoms with E-state index in [1.807, 2.05) is 0 Å². The van der Waals surface area contributed by atoms with E-state index in [1.165, 1.54) is 6.33 Å². The van der Waals surface area contributed by atoms with Crippen LogP contribution in [0.3, 0.4) is 0 Å². The molecule has 0 aliphatic carbocycles. The molecule has 1 rings (SSSR count). The molecule has 1 unspecified atom stereocenters. The van der Waals surface area contributed by atoms with Gasteiger partial charge in [-0.25, -0.2) is 0 Å². The molecule has 1 aromatic rings. The normalized spacial score (nSPS) is 13.0. The van der Waals surface area contributed by atoms with E-state index in [1.54, 1.807) is 7.11 Å². The van der Waals surface area contributed by atoms with Crippen LogP contribution >= 0.6 is 0 Å². The van der Waals surface area contributed by atoms with Crippen molar-refractivity contribution in [1.82, 2.24) is 15.5 Å². The largest absolute Gasteiger partial charge is 0.384 e. The van der Waals surface area contributed by atoms with Crippen LogP contribution in [0.15, 0.2) is 10.9 Å². The monoisotopic (exact) mass is 199 g/mol. The summed E-state index contributed by atoms with van der Waals surface area (Å²) in [7, 11) is 1.72. The first-order valence-electron chi connectivity index (χ1n) is 4.78. The molecular formula is C9H17N3O2. The maximum atomic E-state index is 5.03. The summed E-state index contributed by atoms with van der Waals surface area (Å²) in [5.41, 5.74) is 0. The minimum atomic E-state index is 0.530. The van der Waals surface area contributed by atoms with E-state index in [-0.39, 0.29) is 0 Å². The number of nitrogens with zero attached hydrogens (tertiary/aromatic N) is 2. The van der Waals surface area contributed by atoms with Crippen LogP contribution in [0.25, 0.3) is 0 Å².